The first-order valence-electron chi connectivity index (χ1n) is 5.02. The van der Waals surface area contributed by atoms with Gasteiger partial charge in [-0.15, -0.1) is 0 Å². The number of benzene rings is 1. The summed E-state index contributed by atoms with van der Waals surface area (Å²) in [6.45, 7) is 2.60. The van der Waals surface area contributed by atoms with Crippen molar-refractivity contribution in [3.8, 4) is 5.75 Å². The quantitative estimate of drug-likeness (QED) is 0.877. The Morgan fingerprint density at radius 2 is 2.19 bits per heavy atom. The Morgan fingerprint density at radius 3 is 2.75 bits per heavy atom. The lowest BCUT2D eigenvalue weighted by Gasteiger charge is -2.02. The molecule has 0 atom stereocenters. The molecule has 2 rings (SSSR count). The van der Waals surface area contributed by atoms with Gasteiger partial charge < -0.3 is 10.1 Å². The molecule has 5 heteroatoms. The van der Waals surface area contributed by atoms with Crippen molar-refractivity contribution in [1.29, 1.82) is 0 Å². The summed E-state index contributed by atoms with van der Waals surface area (Å²) in [7, 11) is 0. The minimum atomic E-state index is -0.0373. The number of aliphatic imine (C=N–C) groups is 1. The summed E-state index contributed by atoms with van der Waals surface area (Å²) in [4.78, 5) is 15.3. The van der Waals surface area contributed by atoms with Crippen LogP contribution in [0.25, 0.3) is 0 Å². The normalized spacial score (nSPS) is 17.6. The Morgan fingerprint density at radius 1 is 1.44 bits per heavy atom. The number of nitrogens with one attached hydrogen (secondary N) is 1. The molecular weight excluding hydrogens is 224 g/mol. The Hall–Kier alpha value is -1.49. The second kappa shape index (κ2) is 5.03. The molecule has 1 aromatic carbocycles. The molecule has 1 fully saturated rings. The highest BCUT2D eigenvalue weighted by Crippen LogP contribution is 2.19. The third kappa shape index (κ3) is 2.76. The second-order valence-electron chi connectivity index (χ2n) is 3.19. The molecule has 1 amide bonds. The van der Waals surface area contributed by atoms with Crippen molar-refractivity contribution in [2.45, 2.75) is 6.92 Å². The number of nitrogens with zero attached hydrogens (tertiary/aromatic N) is 1. The summed E-state index contributed by atoms with van der Waals surface area (Å²) in [5.74, 6) is 2.15. The lowest BCUT2D eigenvalue weighted by Crippen LogP contribution is -2.18. The predicted molar refractivity (Wildman–Crippen MR) is 65.7 cm³/mol. The molecule has 0 radical (unpaired) electrons. The third-order valence-electron chi connectivity index (χ3n) is 2.00. The van der Waals surface area contributed by atoms with Crippen molar-refractivity contribution in [2.24, 2.45) is 4.99 Å². The lowest BCUT2D eigenvalue weighted by molar-refractivity contribution is 0.265. The van der Waals surface area contributed by atoms with Crippen LogP contribution in [0.3, 0.4) is 0 Å². The molecule has 1 N–H and O–H groups in total. The topological polar surface area (TPSA) is 50.7 Å². The van der Waals surface area contributed by atoms with Crippen molar-refractivity contribution in [1.82, 2.24) is 5.32 Å². The van der Waals surface area contributed by atoms with Gasteiger partial charge in [0, 0.05) is 0 Å². The molecular formula is C11H12N2O2S. The summed E-state index contributed by atoms with van der Waals surface area (Å²) in [6.07, 6.45) is 0. The van der Waals surface area contributed by atoms with Gasteiger partial charge >= 0.3 is 0 Å². The van der Waals surface area contributed by atoms with Crippen molar-refractivity contribution in [2.75, 3.05) is 12.4 Å². The van der Waals surface area contributed by atoms with E-state index in [9.17, 15) is 4.79 Å². The highest BCUT2D eigenvalue weighted by atomic mass is 32.2. The fraction of sp³-hybridized carbons (Fsp3) is 0.273. The van der Waals surface area contributed by atoms with Gasteiger partial charge in [-0.25, -0.2) is 4.99 Å². The van der Waals surface area contributed by atoms with Gasteiger partial charge in [0.1, 0.15) is 11.6 Å². The number of carbonyl (C=O) groups is 1. The van der Waals surface area contributed by atoms with Gasteiger partial charge in [-0.2, -0.15) is 0 Å². The summed E-state index contributed by atoms with van der Waals surface area (Å²) in [5, 5.41) is 2.65. The second-order valence-corrected chi connectivity index (χ2v) is 4.13. The predicted octanol–water partition coefficient (Wildman–Crippen LogP) is 2.57. The number of amidine groups is 1. The van der Waals surface area contributed by atoms with Crippen molar-refractivity contribution >= 4 is 28.5 Å². The molecule has 0 bridgehead atoms. The van der Waals surface area contributed by atoms with E-state index < -0.39 is 0 Å². The number of hydrogen-bond donors (Lipinski definition) is 1. The molecule has 1 saturated heterocycles. The maximum absolute atomic E-state index is 10.9. The maximum Gasteiger partial charge on any atom is 0.284 e. The molecule has 0 aromatic heterocycles. The van der Waals surface area contributed by atoms with E-state index in [0.717, 1.165) is 11.4 Å². The first-order valence-corrected chi connectivity index (χ1v) is 6.00. The van der Waals surface area contributed by atoms with Crippen LogP contribution >= 0.6 is 11.8 Å². The Bertz CT molecular complexity index is 414. The van der Waals surface area contributed by atoms with E-state index in [4.69, 9.17) is 4.74 Å². The van der Waals surface area contributed by atoms with Crippen LogP contribution in [0.2, 0.25) is 0 Å². The largest absolute Gasteiger partial charge is 0.494 e. The third-order valence-corrected chi connectivity index (χ3v) is 2.78. The van der Waals surface area contributed by atoms with Gasteiger partial charge in [0.05, 0.1) is 18.0 Å². The molecule has 1 heterocycles. The monoisotopic (exact) mass is 236 g/mol. The Labute approximate surface area is 98.1 Å². The van der Waals surface area contributed by atoms with Crippen LogP contribution < -0.4 is 10.1 Å². The van der Waals surface area contributed by atoms with E-state index in [1.54, 1.807) is 0 Å². The zero-order valence-corrected chi connectivity index (χ0v) is 9.71. The Kier molecular flexibility index (Phi) is 3.46. The van der Waals surface area contributed by atoms with Gasteiger partial charge in [0.15, 0.2) is 0 Å². The molecule has 1 aromatic rings. The zero-order chi connectivity index (χ0) is 11.4. The van der Waals surface area contributed by atoms with Gasteiger partial charge in [-0.05, 0) is 31.2 Å². The SMILES string of the molecule is CCOc1ccc(N=C2CSC(=O)N2)cc1. The standard InChI is InChI=1S/C11H12N2O2S/c1-2-15-9-5-3-8(4-6-9)12-10-7-16-11(14)13-10/h3-6H,2,7H2,1H3,(H,12,13,14). The molecule has 16 heavy (non-hydrogen) atoms. The van der Waals surface area contributed by atoms with Crippen LogP contribution in [0, 0.1) is 0 Å². The number of ether oxygens (including phenoxy) is 1. The van der Waals surface area contributed by atoms with Crippen LogP contribution in [0.1, 0.15) is 6.92 Å². The molecule has 84 valence electrons. The smallest absolute Gasteiger partial charge is 0.284 e. The van der Waals surface area contributed by atoms with Crippen molar-refractivity contribution < 1.29 is 9.53 Å². The minimum absolute atomic E-state index is 0.0373. The van der Waals surface area contributed by atoms with Crippen LogP contribution in [0.5, 0.6) is 5.75 Å². The molecule has 0 unspecified atom stereocenters. The highest BCUT2D eigenvalue weighted by molar-refractivity contribution is 8.14. The van der Waals surface area contributed by atoms with Gasteiger partial charge in [-0.3, -0.25) is 4.79 Å². The maximum atomic E-state index is 10.9. The van der Waals surface area contributed by atoms with Crippen LogP contribution in [-0.2, 0) is 0 Å². The van der Waals surface area contributed by atoms with Gasteiger partial charge in [0.2, 0.25) is 0 Å². The van der Waals surface area contributed by atoms with Gasteiger partial charge in [-0.1, -0.05) is 11.8 Å². The lowest BCUT2D eigenvalue weighted by atomic mass is 10.3. The van der Waals surface area contributed by atoms with E-state index in [1.165, 1.54) is 11.8 Å². The Balaban J connectivity index is 2.07. The number of rotatable bonds is 3. The number of carbonyl (C=O) groups excluding carboxylic acids is 1. The first kappa shape index (κ1) is 11.0. The van der Waals surface area contributed by atoms with Crippen LogP contribution in [0.4, 0.5) is 10.5 Å². The fourth-order valence-corrected chi connectivity index (χ4v) is 1.92. The van der Waals surface area contributed by atoms with E-state index in [1.807, 2.05) is 31.2 Å². The molecule has 0 saturated carbocycles. The van der Waals surface area contributed by atoms with Crippen LogP contribution in [-0.4, -0.2) is 23.4 Å². The van der Waals surface area contributed by atoms with E-state index in [2.05, 4.69) is 10.3 Å². The van der Waals surface area contributed by atoms with Crippen molar-refractivity contribution in [3.63, 3.8) is 0 Å². The summed E-state index contributed by atoms with van der Waals surface area (Å²) >= 11 is 1.23. The van der Waals surface area contributed by atoms with E-state index in [-0.39, 0.29) is 5.24 Å². The fourth-order valence-electron chi connectivity index (χ4n) is 1.32. The minimum Gasteiger partial charge on any atom is -0.494 e. The molecule has 1 aliphatic rings. The molecule has 4 nitrogen and oxygen atoms in total. The molecule has 0 spiro atoms. The number of hydrogen-bond acceptors (Lipinski definition) is 4. The molecule has 0 aliphatic carbocycles. The van der Waals surface area contributed by atoms with Crippen molar-refractivity contribution in [3.05, 3.63) is 24.3 Å². The summed E-state index contributed by atoms with van der Waals surface area (Å²) in [6, 6.07) is 7.47. The number of amides is 1. The average molecular weight is 236 g/mol. The highest BCUT2D eigenvalue weighted by Gasteiger charge is 2.16. The summed E-state index contributed by atoms with van der Waals surface area (Å²) < 4.78 is 5.33. The van der Waals surface area contributed by atoms with E-state index >= 15 is 0 Å². The molecule has 1 aliphatic heterocycles. The van der Waals surface area contributed by atoms with E-state index in [0.29, 0.717) is 18.2 Å². The van der Waals surface area contributed by atoms with Gasteiger partial charge in [0.25, 0.3) is 5.24 Å². The zero-order valence-electron chi connectivity index (χ0n) is 8.90. The first-order chi connectivity index (χ1) is 7.78. The number of thioether (sulfide) groups is 1. The van der Waals surface area contributed by atoms with Crippen LogP contribution in [0.15, 0.2) is 29.3 Å². The average Bonchev–Trinajstić information content (AvgIpc) is 2.67. The summed E-state index contributed by atoms with van der Waals surface area (Å²) in [5.41, 5.74) is 0.821.